The monoisotopic (exact) mass is 394 g/mol. The molecule has 0 spiro atoms. The van der Waals surface area contributed by atoms with Crippen molar-refractivity contribution >= 4 is 18.4 Å². The summed E-state index contributed by atoms with van der Waals surface area (Å²) in [7, 11) is 0. The highest BCUT2D eigenvalue weighted by molar-refractivity contribution is 7.71. The molecule has 0 bridgehead atoms. The molecule has 1 saturated heterocycles. The van der Waals surface area contributed by atoms with Gasteiger partial charge in [-0.1, -0.05) is 29.8 Å². The summed E-state index contributed by atoms with van der Waals surface area (Å²) in [5, 5.41) is 11.6. The maximum absolute atomic E-state index is 5.85. The quantitative estimate of drug-likeness (QED) is 0.492. The first-order valence-corrected chi connectivity index (χ1v) is 9.71. The Hall–Kier alpha value is -2.77. The lowest BCUT2D eigenvalue weighted by molar-refractivity contribution is 0.102. The molecular formula is C21H22N4O2S. The van der Waals surface area contributed by atoms with E-state index in [-0.39, 0.29) is 6.10 Å². The average molecular weight is 395 g/mol. The summed E-state index contributed by atoms with van der Waals surface area (Å²) in [5.41, 5.74) is 3.34. The number of hydrogen-bond donors (Lipinski definition) is 1. The zero-order valence-electron chi connectivity index (χ0n) is 15.7. The van der Waals surface area contributed by atoms with Crippen LogP contribution in [-0.2, 0) is 11.3 Å². The molecule has 0 unspecified atom stereocenters. The number of benzene rings is 2. The average Bonchev–Trinajstić information content (AvgIpc) is 3.36. The predicted molar refractivity (Wildman–Crippen MR) is 110 cm³/mol. The van der Waals surface area contributed by atoms with E-state index in [4.69, 9.17) is 21.7 Å². The summed E-state index contributed by atoms with van der Waals surface area (Å²) >= 11 is 5.29. The molecular weight excluding hydrogens is 372 g/mol. The standard InChI is InChI=1S/C21H22N4O2S/c1-15-4-6-17(7-5-15)14-27-18-10-8-16(9-11-18)13-22-25-20(23-24-21(25)28)19-3-2-12-26-19/h4-11,13,19H,2-3,12,14H2,1H3,(H,24,28)/b22-13-/t19-/m1/s1. The predicted octanol–water partition coefficient (Wildman–Crippen LogP) is 4.56. The van der Waals surface area contributed by atoms with Gasteiger partial charge in [-0.3, -0.25) is 5.10 Å². The van der Waals surface area contributed by atoms with Crippen molar-refractivity contribution in [2.75, 3.05) is 6.61 Å². The molecule has 3 aromatic rings. The van der Waals surface area contributed by atoms with Crippen LogP contribution in [0.15, 0.2) is 53.6 Å². The van der Waals surface area contributed by atoms with E-state index in [9.17, 15) is 0 Å². The molecule has 1 aliphatic rings. The number of hydrogen-bond acceptors (Lipinski definition) is 5. The summed E-state index contributed by atoms with van der Waals surface area (Å²) < 4.78 is 13.6. The van der Waals surface area contributed by atoms with Gasteiger partial charge in [-0.2, -0.15) is 14.9 Å². The first-order chi connectivity index (χ1) is 13.7. The second-order valence-corrected chi connectivity index (χ2v) is 7.18. The molecule has 1 N–H and O–H groups in total. The van der Waals surface area contributed by atoms with Gasteiger partial charge in [0, 0.05) is 6.61 Å². The van der Waals surface area contributed by atoms with Crippen LogP contribution in [0.1, 0.15) is 41.5 Å². The van der Waals surface area contributed by atoms with E-state index in [1.54, 1.807) is 10.9 Å². The van der Waals surface area contributed by atoms with Crippen molar-refractivity contribution in [2.45, 2.75) is 32.5 Å². The van der Waals surface area contributed by atoms with Gasteiger partial charge in [-0.05, 0) is 67.4 Å². The Morgan fingerprint density at radius 1 is 1.25 bits per heavy atom. The van der Waals surface area contributed by atoms with Crippen molar-refractivity contribution in [3.8, 4) is 5.75 Å². The van der Waals surface area contributed by atoms with Crippen LogP contribution in [0, 0.1) is 11.7 Å². The molecule has 0 aliphatic carbocycles. The van der Waals surface area contributed by atoms with Crippen LogP contribution < -0.4 is 4.74 Å². The second-order valence-electron chi connectivity index (χ2n) is 6.79. The fourth-order valence-electron chi connectivity index (χ4n) is 3.03. The van der Waals surface area contributed by atoms with Crippen LogP contribution in [-0.4, -0.2) is 27.7 Å². The Bertz CT molecular complexity index is 1000. The molecule has 2 aromatic carbocycles. The van der Waals surface area contributed by atoms with E-state index >= 15 is 0 Å². The fraction of sp³-hybridized carbons (Fsp3) is 0.286. The van der Waals surface area contributed by atoms with Gasteiger partial charge >= 0.3 is 0 Å². The van der Waals surface area contributed by atoms with Crippen LogP contribution in [0.4, 0.5) is 0 Å². The first kappa shape index (κ1) is 18.6. The van der Waals surface area contributed by atoms with Crippen LogP contribution in [0.2, 0.25) is 0 Å². The van der Waals surface area contributed by atoms with Crippen LogP contribution in [0.25, 0.3) is 0 Å². The topological polar surface area (TPSA) is 64.4 Å². The van der Waals surface area contributed by atoms with Crippen LogP contribution in [0.3, 0.4) is 0 Å². The smallest absolute Gasteiger partial charge is 0.216 e. The minimum Gasteiger partial charge on any atom is -0.489 e. The lowest BCUT2D eigenvalue weighted by atomic mass is 10.2. The molecule has 1 aromatic heterocycles. The van der Waals surface area contributed by atoms with Gasteiger partial charge in [-0.15, -0.1) is 0 Å². The van der Waals surface area contributed by atoms with Crippen molar-refractivity contribution in [2.24, 2.45) is 5.10 Å². The molecule has 6 nitrogen and oxygen atoms in total. The minimum atomic E-state index is -0.0531. The highest BCUT2D eigenvalue weighted by atomic mass is 32.1. The zero-order chi connectivity index (χ0) is 19.3. The number of H-pyrrole nitrogens is 1. The zero-order valence-corrected chi connectivity index (χ0v) is 16.5. The number of aryl methyl sites for hydroxylation is 1. The molecule has 144 valence electrons. The van der Waals surface area contributed by atoms with Gasteiger partial charge in [-0.25, -0.2) is 0 Å². The van der Waals surface area contributed by atoms with Gasteiger partial charge in [0.15, 0.2) is 5.82 Å². The Labute approximate surface area is 168 Å². The van der Waals surface area contributed by atoms with Gasteiger partial charge in [0.1, 0.15) is 18.5 Å². The highest BCUT2D eigenvalue weighted by Crippen LogP contribution is 2.27. The highest BCUT2D eigenvalue weighted by Gasteiger charge is 2.23. The molecule has 28 heavy (non-hydrogen) atoms. The molecule has 0 amide bonds. The van der Waals surface area contributed by atoms with Crippen molar-refractivity contribution < 1.29 is 9.47 Å². The Balaban J connectivity index is 1.41. The number of ether oxygens (including phenoxy) is 2. The number of aromatic amines is 1. The third kappa shape index (κ3) is 4.37. The van der Waals surface area contributed by atoms with E-state index in [0.29, 0.717) is 11.4 Å². The van der Waals surface area contributed by atoms with Crippen molar-refractivity contribution in [3.05, 3.63) is 75.8 Å². The van der Waals surface area contributed by atoms with E-state index in [1.165, 1.54) is 5.56 Å². The SMILES string of the molecule is Cc1ccc(COc2ccc(/C=N\n3c([C@H]4CCCO4)n[nH]c3=S)cc2)cc1. The fourth-order valence-corrected chi connectivity index (χ4v) is 3.22. The van der Waals surface area contributed by atoms with Crippen LogP contribution >= 0.6 is 12.2 Å². The van der Waals surface area contributed by atoms with E-state index in [1.807, 2.05) is 24.3 Å². The lowest BCUT2D eigenvalue weighted by Crippen LogP contribution is -2.05. The summed E-state index contributed by atoms with van der Waals surface area (Å²) in [6.45, 7) is 3.37. The Morgan fingerprint density at radius 3 is 2.75 bits per heavy atom. The molecule has 0 saturated carbocycles. The summed E-state index contributed by atoms with van der Waals surface area (Å²) in [5.74, 6) is 1.54. The van der Waals surface area contributed by atoms with Crippen molar-refractivity contribution in [1.29, 1.82) is 0 Å². The van der Waals surface area contributed by atoms with E-state index < -0.39 is 0 Å². The van der Waals surface area contributed by atoms with Gasteiger partial charge in [0.05, 0.1) is 6.21 Å². The van der Waals surface area contributed by atoms with Crippen molar-refractivity contribution in [1.82, 2.24) is 14.9 Å². The number of nitrogens with one attached hydrogen (secondary N) is 1. The Morgan fingerprint density at radius 2 is 2.04 bits per heavy atom. The number of aromatic nitrogens is 3. The second kappa shape index (κ2) is 8.50. The largest absolute Gasteiger partial charge is 0.489 e. The minimum absolute atomic E-state index is 0.0531. The molecule has 0 radical (unpaired) electrons. The molecule has 2 heterocycles. The van der Waals surface area contributed by atoms with E-state index in [0.717, 1.165) is 42.1 Å². The summed E-state index contributed by atoms with van der Waals surface area (Å²) in [4.78, 5) is 0. The maximum Gasteiger partial charge on any atom is 0.216 e. The molecule has 7 heteroatoms. The van der Waals surface area contributed by atoms with E-state index in [2.05, 4.69) is 46.5 Å². The van der Waals surface area contributed by atoms with Gasteiger partial charge < -0.3 is 9.47 Å². The molecule has 1 atom stereocenters. The van der Waals surface area contributed by atoms with Crippen LogP contribution in [0.5, 0.6) is 5.75 Å². The normalized spacial score (nSPS) is 16.7. The summed E-state index contributed by atoms with van der Waals surface area (Å²) in [6, 6.07) is 16.1. The molecule has 1 fully saturated rings. The van der Waals surface area contributed by atoms with Gasteiger partial charge in [0.25, 0.3) is 0 Å². The third-order valence-electron chi connectivity index (χ3n) is 4.62. The maximum atomic E-state index is 5.85. The lowest BCUT2D eigenvalue weighted by Gasteiger charge is -2.08. The molecule has 4 rings (SSSR count). The van der Waals surface area contributed by atoms with Gasteiger partial charge in [0.2, 0.25) is 4.77 Å². The molecule has 1 aliphatic heterocycles. The third-order valence-corrected chi connectivity index (χ3v) is 4.89. The van der Waals surface area contributed by atoms with Crippen molar-refractivity contribution in [3.63, 3.8) is 0 Å². The number of nitrogens with zero attached hydrogens (tertiary/aromatic N) is 3. The summed E-state index contributed by atoms with van der Waals surface area (Å²) in [6.07, 6.45) is 3.66. The Kier molecular flexibility index (Phi) is 5.64. The number of rotatable bonds is 6. The first-order valence-electron chi connectivity index (χ1n) is 9.31.